The van der Waals surface area contributed by atoms with Gasteiger partial charge in [-0.1, -0.05) is 6.92 Å². The molecule has 1 atom stereocenters. The molecule has 4 nitrogen and oxygen atoms in total. The van der Waals surface area contributed by atoms with Crippen LogP contribution in [0.25, 0.3) is 0 Å². The third-order valence-electron chi connectivity index (χ3n) is 4.39. The molecule has 110 valence electrons. The van der Waals surface area contributed by atoms with Crippen LogP contribution in [0.1, 0.15) is 46.0 Å². The average molecular weight is 268 g/mol. The van der Waals surface area contributed by atoms with Gasteiger partial charge in [0.25, 0.3) is 0 Å². The van der Waals surface area contributed by atoms with Crippen LogP contribution < -0.4 is 5.32 Å². The van der Waals surface area contributed by atoms with E-state index in [4.69, 9.17) is 4.74 Å². The third-order valence-corrected chi connectivity index (χ3v) is 4.39. The van der Waals surface area contributed by atoms with Gasteiger partial charge in [0.1, 0.15) is 5.54 Å². The Bertz CT molecular complexity index is 313. The number of hydrogen-bond acceptors (Lipinski definition) is 4. The number of ether oxygens (including phenoxy) is 1. The minimum absolute atomic E-state index is 0.0539. The molecule has 1 unspecified atom stereocenters. The van der Waals surface area contributed by atoms with Crippen LogP contribution in [0.3, 0.4) is 0 Å². The van der Waals surface area contributed by atoms with Gasteiger partial charge in [0.2, 0.25) is 0 Å². The highest BCUT2D eigenvalue weighted by atomic mass is 16.5. The van der Waals surface area contributed by atoms with Crippen LogP contribution in [-0.4, -0.2) is 49.2 Å². The number of nitrogens with one attached hydrogen (secondary N) is 1. The lowest BCUT2D eigenvalue weighted by atomic mass is 9.92. The summed E-state index contributed by atoms with van der Waals surface area (Å²) in [6.07, 6.45) is 6.00. The standard InChI is InChI=1S/C15H28N2O2/c1-4-10-17(13-8-9-13)11-15(16-3,12-6-7-12)14(18)19-5-2/h12-13,16H,4-11H2,1-3H3. The fraction of sp³-hybridized carbons (Fsp3) is 0.933. The Balaban J connectivity index is 2.09. The number of likely N-dealkylation sites (N-methyl/N-ethyl adjacent to an activating group) is 1. The van der Waals surface area contributed by atoms with Gasteiger partial charge >= 0.3 is 5.97 Å². The monoisotopic (exact) mass is 268 g/mol. The molecule has 1 N–H and O–H groups in total. The van der Waals surface area contributed by atoms with Gasteiger partial charge in [-0.3, -0.25) is 4.90 Å². The van der Waals surface area contributed by atoms with E-state index in [2.05, 4.69) is 17.1 Å². The second-order valence-corrected chi connectivity index (χ2v) is 5.92. The van der Waals surface area contributed by atoms with Crippen LogP contribution in [-0.2, 0) is 9.53 Å². The number of hydrogen-bond donors (Lipinski definition) is 1. The summed E-state index contributed by atoms with van der Waals surface area (Å²) in [7, 11) is 1.91. The maximum absolute atomic E-state index is 12.4. The van der Waals surface area contributed by atoms with Gasteiger partial charge < -0.3 is 10.1 Å². The largest absolute Gasteiger partial charge is 0.465 e. The summed E-state index contributed by atoms with van der Waals surface area (Å²) in [6, 6.07) is 0.695. The van der Waals surface area contributed by atoms with Gasteiger partial charge in [0.05, 0.1) is 6.61 Å². The van der Waals surface area contributed by atoms with Crippen molar-refractivity contribution in [1.82, 2.24) is 10.2 Å². The minimum atomic E-state index is -0.478. The van der Waals surface area contributed by atoms with Gasteiger partial charge in [-0.05, 0) is 58.5 Å². The van der Waals surface area contributed by atoms with Crippen LogP contribution in [0, 0.1) is 5.92 Å². The van der Waals surface area contributed by atoms with Crippen molar-refractivity contribution in [1.29, 1.82) is 0 Å². The minimum Gasteiger partial charge on any atom is -0.465 e. The first-order valence-electron chi connectivity index (χ1n) is 7.78. The number of esters is 1. The van der Waals surface area contributed by atoms with E-state index in [9.17, 15) is 4.79 Å². The van der Waals surface area contributed by atoms with E-state index < -0.39 is 5.54 Å². The highest BCUT2D eigenvalue weighted by molar-refractivity contribution is 5.82. The van der Waals surface area contributed by atoms with Gasteiger partial charge in [0.15, 0.2) is 0 Å². The van der Waals surface area contributed by atoms with Crippen molar-refractivity contribution in [3.05, 3.63) is 0 Å². The second kappa shape index (κ2) is 6.23. The summed E-state index contributed by atoms with van der Waals surface area (Å²) in [4.78, 5) is 14.9. The van der Waals surface area contributed by atoms with Gasteiger partial charge in [-0.25, -0.2) is 4.79 Å². The summed E-state index contributed by atoms with van der Waals surface area (Å²) < 4.78 is 5.35. The predicted octanol–water partition coefficient (Wildman–Crippen LogP) is 1.79. The maximum Gasteiger partial charge on any atom is 0.327 e. The SMILES string of the molecule is CCCN(CC(NC)(C(=O)OCC)C1CC1)C1CC1. The van der Waals surface area contributed by atoms with E-state index in [1.807, 2.05) is 14.0 Å². The van der Waals surface area contributed by atoms with Gasteiger partial charge in [0, 0.05) is 12.6 Å². The predicted molar refractivity (Wildman–Crippen MR) is 76.0 cm³/mol. The zero-order chi connectivity index (χ0) is 13.9. The lowest BCUT2D eigenvalue weighted by molar-refractivity contribution is -0.153. The van der Waals surface area contributed by atoms with E-state index >= 15 is 0 Å². The van der Waals surface area contributed by atoms with Crippen molar-refractivity contribution in [2.24, 2.45) is 5.92 Å². The molecule has 19 heavy (non-hydrogen) atoms. The molecule has 2 aliphatic carbocycles. The molecule has 0 saturated heterocycles. The van der Waals surface area contributed by atoms with E-state index in [0.717, 1.165) is 32.4 Å². The van der Waals surface area contributed by atoms with Crippen molar-refractivity contribution in [2.75, 3.05) is 26.7 Å². The lowest BCUT2D eigenvalue weighted by Gasteiger charge is -2.36. The molecular formula is C15H28N2O2. The molecule has 0 spiro atoms. The molecule has 2 fully saturated rings. The van der Waals surface area contributed by atoms with Crippen LogP contribution in [0.15, 0.2) is 0 Å². The number of nitrogens with zero attached hydrogens (tertiary/aromatic N) is 1. The number of carbonyl (C=O) groups is 1. The lowest BCUT2D eigenvalue weighted by Crippen LogP contribution is -2.60. The van der Waals surface area contributed by atoms with Crippen LogP contribution in [0.4, 0.5) is 0 Å². The molecule has 0 amide bonds. The van der Waals surface area contributed by atoms with Gasteiger partial charge in [-0.2, -0.15) is 0 Å². The molecule has 0 bridgehead atoms. The topological polar surface area (TPSA) is 41.6 Å². The molecule has 0 heterocycles. The van der Waals surface area contributed by atoms with Crippen molar-refractivity contribution >= 4 is 5.97 Å². The molecule has 2 saturated carbocycles. The first-order chi connectivity index (χ1) is 9.17. The molecule has 2 rings (SSSR count). The second-order valence-electron chi connectivity index (χ2n) is 5.92. The highest BCUT2D eigenvalue weighted by Gasteiger charge is 2.52. The van der Waals surface area contributed by atoms with E-state index in [0.29, 0.717) is 18.6 Å². The Morgan fingerprint density at radius 1 is 1.32 bits per heavy atom. The maximum atomic E-state index is 12.4. The average Bonchev–Trinajstić information content (AvgIpc) is 3.28. The Kier molecular flexibility index (Phi) is 4.85. The molecule has 4 heteroatoms. The van der Waals surface area contributed by atoms with Crippen molar-refractivity contribution < 1.29 is 9.53 Å². The number of rotatable bonds is 9. The Morgan fingerprint density at radius 3 is 2.42 bits per heavy atom. The summed E-state index contributed by atoms with van der Waals surface area (Å²) in [6.45, 7) is 6.45. The van der Waals surface area contributed by atoms with Crippen LogP contribution in [0.5, 0.6) is 0 Å². The van der Waals surface area contributed by atoms with Crippen molar-refractivity contribution in [3.8, 4) is 0 Å². The van der Waals surface area contributed by atoms with Crippen LogP contribution in [0.2, 0.25) is 0 Å². The fourth-order valence-corrected chi connectivity index (χ4v) is 3.02. The Hall–Kier alpha value is -0.610. The van der Waals surface area contributed by atoms with Crippen molar-refractivity contribution in [3.63, 3.8) is 0 Å². The summed E-state index contributed by atoms with van der Waals surface area (Å²) in [5.74, 6) is 0.399. The smallest absolute Gasteiger partial charge is 0.327 e. The van der Waals surface area contributed by atoms with Crippen LogP contribution >= 0.6 is 0 Å². The molecule has 0 radical (unpaired) electrons. The zero-order valence-corrected chi connectivity index (χ0v) is 12.6. The Morgan fingerprint density at radius 2 is 2.00 bits per heavy atom. The molecule has 2 aliphatic rings. The first-order valence-corrected chi connectivity index (χ1v) is 7.78. The normalized spacial score (nSPS) is 22.3. The zero-order valence-electron chi connectivity index (χ0n) is 12.6. The molecule has 0 aliphatic heterocycles. The molecule has 0 aromatic heterocycles. The Labute approximate surface area is 116 Å². The summed E-state index contributed by atoms with van der Waals surface area (Å²) in [5, 5.41) is 3.32. The van der Waals surface area contributed by atoms with E-state index in [1.165, 1.54) is 12.8 Å². The third kappa shape index (κ3) is 3.29. The first kappa shape index (κ1) is 14.8. The molecule has 0 aromatic rings. The van der Waals surface area contributed by atoms with E-state index in [1.54, 1.807) is 0 Å². The number of carbonyl (C=O) groups excluding carboxylic acids is 1. The summed E-state index contributed by atoms with van der Waals surface area (Å²) in [5.41, 5.74) is -0.478. The van der Waals surface area contributed by atoms with Crippen molar-refractivity contribution in [2.45, 2.75) is 57.5 Å². The molecular weight excluding hydrogens is 240 g/mol. The fourth-order valence-electron chi connectivity index (χ4n) is 3.02. The summed E-state index contributed by atoms with van der Waals surface area (Å²) >= 11 is 0. The van der Waals surface area contributed by atoms with E-state index in [-0.39, 0.29) is 5.97 Å². The van der Waals surface area contributed by atoms with Gasteiger partial charge in [-0.15, -0.1) is 0 Å². The quantitative estimate of drug-likeness (QED) is 0.647. The highest BCUT2D eigenvalue weighted by Crippen LogP contribution is 2.42. The molecule has 0 aromatic carbocycles.